The Hall–Kier alpha value is -3.76. The molecule has 0 N–H and O–H groups in total. The molecule has 0 amide bonds. The number of fused-ring (bicyclic) bond motifs is 4. The van der Waals surface area contributed by atoms with Crippen molar-refractivity contribution in [3.63, 3.8) is 0 Å². The molecule has 2 heterocycles. The summed E-state index contributed by atoms with van der Waals surface area (Å²) in [6, 6.07) is 8.07. The Morgan fingerprint density at radius 1 is 0.889 bits per heavy atom. The normalized spacial score (nSPS) is 22.5. The van der Waals surface area contributed by atoms with Crippen LogP contribution in [-0.4, -0.2) is 15.0 Å². The number of aromatic nitrogens is 3. The summed E-state index contributed by atoms with van der Waals surface area (Å²) in [6.07, 6.45) is 25.2. The molecule has 0 saturated carbocycles. The molecule has 4 nitrogen and oxygen atoms in total. The highest BCUT2D eigenvalue weighted by Gasteiger charge is 2.30. The van der Waals surface area contributed by atoms with Crippen LogP contribution >= 0.6 is 11.6 Å². The monoisotopic (exact) mass is 489 g/mol. The minimum Gasteiger partial charge on any atom is -0.459 e. The first-order valence-electron chi connectivity index (χ1n) is 12.5. The minimum absolute atomic E-state index is 0.211. The lowest BCUT2D eigenvalue weighted by Crippen LogP contribution is -2.13. The molecular formula is C31H24ClN3O. The number of para-hydroxylation sites is 1. The van der Waals surface area contributed by atoms with Gasteiger partial charge in [0.15, 0.2) is 17.5 Å². The van der Waals surface area contributed by atoms with E-state index in [4.69, 9.17) is 31.0 Å². The van der Waals surface area contributed by atoms with E-state index in [1.54, 1.807) is 0 Å². The van der Waals surface area contributed by atoms with Crippen molar-refractivity contribution >= 4 is 39.3 Å². The zero-order chi connectivity index (χ0) is 24.1. The Labute approximate surface area is 214 Å². The largest absolute Gasteiger partial charge is 0.459 e. The number of hydrogen-bond acceptors (Lipinski definition) is 4. The van der Waals surface area contributed by atoms with E-state index in [0.717, 1.165) is 64.1 Å². The number of alkyl halides is 1. The fraction of sp³-hybridized carbons (Fsp3) is 0.194. The summed E-state index contributed by atoms with van der Waals surface area (Å²) in [4.78, 5) is 15.0. The van der Waals surface area contributed by atoms with Gasteiger partial charge in [-0.05, 0) is 42.9 Å². The molecule has 0 spiro atoms. The highest BCUT2D eigenvalue weighted by molar-refractivity contribution is 6.22. The van der Waals surface area contributed by atoms with Crippen LogP contribution < -0.4 is 0 Å². The highest BCUT2D eigenvalue weighted by Crippen LogP contribution is 2.45. The first-order valence-corrected chi connectivity index (χ1v) is 12.9. The van der Waals surface area contributed by atoms with Crippen molar-refractivity contribution in [2.75, 3.05) is 0 Å². The Bertz CT molecular complexity index is 1610. The average molecular weight is 490 g/mol. The molecule has 0 aliphatic heterocycles. The van der Waals surface area contributed by atoms with Crippen molar-refractivity contribution in [1.82, 2.24) is 15.0 Å². The van der Waals surface area contributed by atoms with Crippen LogP contribution in [-0.2, 0) is 0 Å². The summed E-state index contributed by atoms with van der Waals surface area (Å²) in [5, 5.41) is 0.824. The summed E-state index contributed by atoms with van der Waals surface area (Å²) in [7, 11) is 0. The number of hydrogen-bond donors (Lipinski definition) is 0. The maximum atomic E-state index is 6.71. The van der Waals surface area contributed by atoms with Crippen molar-refractivity contribution in [1.29, 1.82) is 0 Å². The second-order valence-corrected chi connectivity index (χ2v) is 10.0. The molecular weight excluding hydrogens is 466 g/mol. The summed E-state index contributed by atoms with van der Waals surface area (Å²) in [5.74, 6) is 3.25. The lowest BCUT2D eigenvalue weighted by Gasteiger charge is -2.22. The summed E-state index contributed by atoms with van der Waals surface area (Å²) < 4.78 is 6.21. The minimum atomic E-state index is -0.211. The molecule has 176 valence electrons. The lowest BCUT2D eigenvalue weighted by molar-refractivity contribution is 0.538. The van der Waals surface area contributed by atoms with E-state index in [1.807, 2.05) is 18.2 Å². The van der Waals surface area contributed by atoms with Gasteiger partial charge in [-0.15, -0.1) is 11.6 Å². The topological polar surface area (TPSA) is 51.8 Å². The second kappa shape index (κ2) is 8.72. The smallest absolute Gasteiger partial charge is 0.164 e. The molecule has 0 radical (unpaired) electrons. The first-order chi connectivity index (χ1) is 17.7. The summed E-state index contributed by atoms with van der Waals surface area (Å²) >= 11 is 6.71. The average Bonchev–Trinajstić information content (AvgIpc) is 3.34. The molecule has 7 rings (SSSR count). The first kappa shape index (κ1) is 21.5. The molecule has 5 heteroatoms. The molecule has 1 aromatic carbocycles. The van der Waals surface area contributed by atoms with Gasteiger partial charge in [-0.2, -0.15) is 0 Å². The SMILES string of the molecule is ClC1CC=C(c2nc(C3=CCCC=C3)nc(C3=CC=C4C=CC=CC4C3)n2)c2c1oc1ccccc21. The molecule has 3 aromatic rings. The highest BCUT2D eigenvalue weighted by atomic mass is 35.5. The fourth-order valence-corrected chi connectivity index (χ4v) is 5.62. The molecule has 0 bridgehead atoms. The van der Waals surface area contributed by atoms with Crippen LogP contribution in [0.1, 0.15) is 59.9 Å². The third-order valence-electron chi connectivity index (χ3n) is 7.21. The van der Waals surface area contributed by atoms with Crippen molar-refractivity contribution < 1.29 is 4.42 Å². The van der Waals surface area contributed by atoms with Gasteiger partial charge in [-0.1, -0.05) is 79.0 Å². The predicted molar refractivity (Wildman–Crippen MR) is 145 cm³/mol. The van der Waals surface area contributed by atoms with Crippen molar-refractivity contribution in [3.05, 3.63) is 119 Å². The van der Waals surface area contributed by atoms with Gasteiger partial charge in [-0.3, -0.25) is 0 Å². The van der Waals surface area contributed by atoms with Gasteiger partial charge in [0.25, 0.3) is 0 Å². The van der Waals surface area contributed by atoms with Crippen molar-refractivity contribution in [3.8, 4) is 0 Å². The van der Waals surface area contributed by atoms with E-state index in [9.17, 15) is 0 Å². The van der Waals surface area contributed by atoms with Crippen LogP contribution in [0.2, 0.25) is 0 Å². The quantitative estimate of drug-likeness (QED) is 0.350. The maximum absolute atomic E-state index is 6.71. The van der Waals surface area contributed by atoms with Crippen LogP contribution in [0.25, 0.3) is 27.7 Å². The van der Waals surface area contributed by atoms with Crippen LogP contribution in [0.5, 0.6) is 0 Å². The number of rotatable bonds is 3. The van der Waals surface area contributed by atoms with Gasteiger partial charge in [0.1, 0.15) is 11.3 Å². The molecule has 2 atom stereocenters. The fourth-order valence-electron chi connectivity index (χ4n) is 5.38. The number of allylic oxidation sites excluding steroid dienone is 13. The van der Waals surface area contributed by atoms with Gasteiger partial charge in [0.2, 0.25) is 0 Å². The van der Waals surface area contributed by atoms with E-state index in [0.29, 0.717) is 24.0 Å². The molecule has 0 saturated heterocycles. The van der Waals surface area contributed by atoms with E-state index < -0.39 is 0 Å². The molecule has 4 aliphatic rings. The Morgan fingerprint density at radius 2 is 1.78 bits per heavy atom. The van der Waals surface area contributed by atoms with Crippen LogP contribution in [0, 0.1) is 5.92 Å². The molecule has 0 fully saturated rings. The van der Waals surface area contributed by atoms with Crippen molar-refractivity contribution in [2.45, 2.75) is 31.1 Å². The Morgan fingerprint density at radius 3 is 2.69 bits per heavy atom. The zero-order valence-electron chi connectivity index (χ0n) is 19.7. The second-order valence-electron chi connectivity index (χ2n) is 9.52. The Balaban J connectivity index is 1.40. The molecule has 36 heavy (non-hydrogen) atoms. The number of halogens is 1. The molecule has 2 unspecified atom stereocenters. The third-order valence-corrected chi connectivity index (χ3v) is 7.59. The zero-order valence-corrected chi connectivity index (χ0v) is 20.4. The van der Waals surface area contributed by atoms with E-state index in [-0.39, 0.29) is 5.38 Å². The number of benzene rings is 1. The summed E-state index contributed by atoms with van der Waals surface area (Å²) in [6.45, 7) is 0. The van der Waals surface area contributed by atoms with Gasteiger partial charge in [0, 0.05) is 28.0 Å². The van der Waals surface area contributed by atoms with Crippen LogP contribution in [0.4, 0.5) is 0 Å². The van der Waals surface area contributed by atoms with E-state index in [1.165, 1.54) is 5.57 Å². The van der Waals surface area contributed by atoms with E-state index >= 15 is 0 Å². The lowest BCUT2D eigenvalue weighted by atomic mass is 9.84. The van der Waals surface area contributed by atoms with Crippen molar-refractivity contribution in [2.24, 2.45) is 5.92 Å². The third kappa shape index (κ3) is 3.64. The predicted octanol–water partition coefficient (Wildman–Crippen LogP) is 7.92. The van der Waals surface area contributed by atoms with E-state index in [2.05, 4.69) is 66.8 Å². The van der Waals surface area contributed by atoms with Crippen LogP contribution in [0.15, 0.2) is 95.0 Å². The maximum Gasteiger partial charge on any atom is 0.164 e. The molecule has 2 aromatic heterocycles. The van der Waals surface area contributed by atoms with Crippen LogP contribution in [0.3, 0.4) is 0 Å². The van der Waals surface area contributed by atoms with Gasteiger partial charge >= 0.3 is 0 Å². The number of furan rings is 1. The van der Waals surface area contributed by atoms with Gasteiger partial charge < -0.3 is 4.42 Å². The van der Waals surface area contributed by atoms with Gasteiger partial charge in [-0.25, -0.2) is 15.0 Å². The molecule has 4 aliphatic carbocycles. The van der Waals surface area contributed by atoms with Gasteiger partial charge in [0.05, 0.1) is 5.38 Å². The summed E-state index contributed by atoms with van der Waals surface area (Å²) in [5.41, 5.74) is 6.28. The Kier molecular flexibility index (Phi) is 5.21. The standard InChI is InChI=1S/C31H24ClN3O/c32-25-17-16-24(27-23-12-6-7-13-26(23)36-28(25)27)31-34-29(20-9-2-1-3-10-20)33-30(35-31)22-15-14-19-8-4-5-11-21(19)18-22/h2,4-16,21,25H,1,3,17-18H2. The number of nitrogens with zero attached hydrogens (tertiary/aromatic N) is 3.